The number of hydrogen-bond donors (Lipinski definition) is 0. The molecule has 20 heavy (non-hydrogen) atoms. The zero-order valence-corrected chi connectivity index (χ0v) is 12.4. The first kappa shape index (κ1) is 14.6. The quantitative estimate of drug-likeness (QED) is 0.792. The number of ether oxygens (including phenoxy) is 2. The highest BCUT2D eigenvalue weighted by molar-refractivity contribution is 7.90. The van der Waals surface area contributed by atoms with E-state index in [9.17, 15) is 13.2 Å². The highest BCUT2D eigenvalue weighted by Gasteiger charge is 2.31. The number of sulfone groups is 1. The average Bonchev–Trinajstić information content (AvgIpc) is 2.69. The molecule has 0 fully saturated rings. The van der Waals surface area contributed by atoms with Crippen molar-refractivity contribution >= 4 is 21.4 Å². The van der Waals surface area contributed by atoms with Crippen LogP contribution in [0.4, 0.5) is 0 Å². The van der Waals surface area contributed by atoms with Gasteiger partial charge in [-0.05, 0) is 19.9 Å². The Morgan fingerprint density at radius 1 is 1.25 bits per heavy atom. The Kier molecular flexibility index (Phi) is 3.85. The summed E-state index contributed by atoms with van der Waals surface area (Å²) in [6.07, 6.45) is 0.934. The molecule has 1 aromatic rings. The number of rotatable bonds is 4. The van der Waals surface area contributed by atoms with E-state index in [0.29, 0.717) is 11.1 Å². The van der Waals surface area contributed by atoms with Gasteiger partial charge in [-0.2, -0.15) is 0 Å². The van der Waals surface area contributed by atoms with Crippen molar-refractivity contribution in [1.82, 2.24) is 0 Å². The third-order valence-electron chi connectivity index (χ3n) is 2.77. The first-order valence-corrected chi connectivity index (χ1v) is 8.06. The lowest BCUT2D eigenvalue weighted by Gasteiger charge is -2.12. The monoisotopic (exact) mass is 296 g/mol. The van der Waals surface area contributed by atoms with Crippen LogP contribution in [0.25, 0.3) is 5.57 Å². The third kappa shape index (κ3) is 2.85. The van der Waals surface area contributed by atoms with Crippen LogP contribution < -0.4 is 0 Å². The van der Waals surface area contributed by atoms with E-state index in [1.54, 1.807) is 32.0 Å². The van der Waals surface area contributed by atoms with Gasteiger partial charge in [-0.3, -0.25) is 0 Å². The van der Waals surface area contributed by atoms with Gasteiger partial charge in [-0.25, -0.2) is 13.2 Å². The summed E-state index contributed by atoms with van der Waals surface area (Å²) in [7, 11) is -3.40. The molecule has 6 heteroatoms. The molecule has 0 spiro atoms. The highest BCUT2D eigenvalue weighted by Crippen LogP contribution is 2.31. The first-order valence-electron chi connectivity index (χ1n) is 6.17. The molecule has 1 aliphatic heterocycles. The van der Waals surface area contributed by atoms with Gasteiger partial charge in [0.1, 0.15) is 6.61 Å². The number of esters is 1. The van der Waals surface area contributed by atoms with Crippen molar-refractivity contribution in [3.8, 4) is 0 Å². The van der Waals surface area contributed by atoms with Crippen LogP contribution in [0.1, 0.15) is 19.4 Å². The Bertz CT molecular complexity index is 671. The molecule has 0 aliphatic carbocycles. The minimum atomic E-state index is -3.40. The standard InChI is InChI=1S/C14H16O5S/c1-9(2)19-13-11(8-18-14(13)15)10-6-4-5-7-12(10)20(3,16)17/h4-7,9H,8H2,1-3H3. The van der Waals surface area contributed by atoms with E-state index < -0.39 is 15.8 Å². The van der Waals surface area contributed by atoms with Gasteiger partial charge in [-0.1, -0.05) is 18.2 Å². The smallest absolute Gasteiger partial charge is 0.374 e. The van der Waals surface area contributed by atoms with Crippen LogP contribution in [-0.4, -0.2) is 33.4 Å². The highest BCUT2D eigenvalue weighted by atomic mass is 32.2. The first-order chi connectivity index (χ1) is 9.30. The molecular weight excluding hydrogens is 280 g/mol. The van der Waals surface area contributed by atoms with Crippen LogP contribution in [0, 0.1) is 0 Å². The van der Waals surface area contributed by atoms with Crippen LogP contribution >= 0.6 is 0 Å². The molecular formula is C14H16O5S. The molecule has 0 saturated carbocycles. The van der Waals surface area contributed by atoms with Gasteiger partial charge in [0.05, 0.1) is 11.0 Å². The maximum Gasteiger partial charge on any atom is 0.374 e. The Balaban J connectivity index is 2.61. The molecule has 0 N–H and O–H groups in total. The average molecular weight is 296 g/mol. The summed E-state index contributed by atoms with van der Waals surface area (Å²) in [5, 5.41) is 0. The zero-order valence-electron chi connectivity index (χ0n) is 11.5. The lowest BCUT2D eigenvalue weighted by molar-refractivity contribution is -0.139. The molecule has 108 valence electrons. The lowest BCUT2D eigenvalue weighted by atomic mass is 10.1. The SMILES string of the molecule is CC(C)OC1=C(c2ccccc2S(C)(=O)=O)COC1=O. The minimum Gasteiger partial charge on any atom is -0.484 e. The van der Waals surface area contributed by atoms with Crippen molar-refractivity contribution in [2.45, 2.75) is 24.8 Å². The lowest BCUT2D eigenvalue weighted by Crippen LogP contribution is -2.09. The number of carbonyl (C=O) groups excluding carboxylic acids is 1. The van der Waals surface area contributed by atoms with Gasteiger partial charge in [-0.15, -0.1) is 0 Å². The van der Waals surface area contributed by atoms with Gasteiger partial charge in [0.2, 0.25) is 5.76 Å². The number of carbonyl (C=O) groups is 1. The van der Waals surface area contributed by atoms with Gasteiger partial charge < -0.3 is 9.47 Å². The summed E-state index contributed by atoms with van der Waals surface area (Å²) >= 11 is 0. The summed E-state index contributed by atoms with van der Waals surface area (Å²) in [6.45, 7) is 3.60. The normalized spacial score (nSPS) is 15.7. The predicted molar refractivity (Wildman–Crippen MR) is 73.7 cm³/mol. The largest absolute Gasteiger partial charge is 0.484 e. The fraction of sp³-hybridized carbons (Fsp3) is 0.357. The van der Waals surface area contributed by atoms with Crippen LogP contribution in [0.5, 0.6) is 0 Å². The maximum atomic E-state index is 11.8. The summed E-state index contributed by atoms with van der Waals surface area (Å²) in [4.78, 5) is 11.9. The van der Waals surface area contributed by atoms with E-state index in [4.69, 9.17) is 9.47 Å². The Labute approximate surface area is 118 Å². The second-order valence-corrected chi connectivity index (χ2v) is 6.80. The van der Waals surface area contributed by atoms with Gasteiger partial charge in [0, 0.05) is 17.4 Å². The van der Waals surface area contributed by atoms with Crippen molar-refractivity contribution in [3.63, 3.8) is 0 Å². The third-order valence-corrected chi connectivity index (χ3v) is 3.93. The van der Waals surface area contributed by atoms with Crippen LogP contribution in [-0.2, 0) is 24.1 Å². The molecule has 5 nitrogen and oxygen atoms in total. The molecule has 0 radical (unpaired) electrons. The van der Waals surface area contributed by atoms with Crippen LogP contribution in [0.2, 0.25) is 0 Å². The van der Waals surface area contributed by atoms with Crippen molar-refractivity contribution in [1.29, 1.82) is 0 Å². The molecule has 1 aromatic carbocycles. The number of benzene rings is 1. The van der Waals surface area contributed by atoms with E-state index in [-0.39, 0.29) is 23.4 Å². The van der Waals surface area contributed by atoms with E-state index in [0.717, 1.165) is 6.26 Å². The van der Waals surface area contributed by atoms with Crippen molar-refractivity contribution in [2.75, 3.05) is 12.9 Å². The summed E-state index contributed by atoms with van der Waals surface area (Å²) in [5.41, 5.74) is 0.932. The number of hydrogen-bond acceptors (Lipinski definition) is 5. The summed E-state index contributed by atoms with van der Waals surface area (Å²) in [6, 6.07) is 6.51. The molecule has 1 heterocycles. The zero-order chi connectivity index (χ0) is 14.9. The van der Waals surface area contributed by atoms with Gasteiger partial charge >= 0.3 is 5.97 Å². The Morgan fingerprint density at radius 3 is 2.50 bits per heavy atom. The molecule has 0 amide bonds. The molecule has 1 aliphatic rings. The summed E-state index contributed by atoms with van der Waals surface area (Å²) in [5.74, 6) is -0.465. The molecule has 0 saturated heterocycles. The topological polar surface area (TPSA) is 69.7 Å². The molecule has 2 rings (SSSR count). The van der Waals surface area contributed by atoms with E-state index in [1.807, 2.05) is 0 Å². The fourth-order valence-corrected chi connectivity index (χ4v) is 2.90. The van der Waals surface area contributed by atoms with Crippen LogP contribution in [0.15, 0.2) is 34.9 Å². The number of cyclic esters (lactones) is 1. The van der Waals surface area contributed by atoms with E-state index in [2.05, 4.69) is 0 Å². The van der Waals surface area contributed by atoms with E-state index >= 15 is 0 Å². The van der Waals surface area contributed by atoms with Crippen molar-refractivity contribution in [2.24, 2.45) is 0 Å². The Morgan fingerprint density at radius 2 is 1.90 bits per heavy atom. The molecule has 0 bridgehead atoms. The molecule has 0 unspecified atom stereocenters. The second kappa shape index (κ2) is 5.28. The maximum absolute atomic E-state index is 11.8. The van der Waals surface area contributed by atoms with Gasteiger partial charge in [0.15, 0.2) is 9.84 Å². The molecule has 0 atom stereocenters. The predicted octanol–water partition coefficient (Wildman–Crippen LogP) is 1.78. The van der Waals surface area contributed by atoms with Crippen molar-refractivity contribution < 1.29 is 22.7 Å². The van der Waals surface area contributed by atoms with Gasteiger partial charge in [0.25, 0.3) is 0 Å². The van der Waals surface area contributed by atoms with Crippen LogP contribution in [0.3, 0.4) is 0 Å². The molecule has 0 aromatic heterocycles. The summed E-state index contributed by atoms with van der Waals surface area (Å²) < 4.78 is 34.1. The minimum absolute atomic E-state index is 0.0212. The second-order valence-electron chi connectivity index (χ2n) is 4.82. The van der Waals surface area contributed by atoms with Crippen molar-refractivity contribution in [3.05, 3.63) is 35.6 Å². The Hall–Kier alpha value is -1.82. The van der Waals surface area contributed by atoms with E-state index in [1.165, 1.54) is 6.07 Å². The fourth-order valence-electron chi connectivity index (χ4n) is 1.99.